The second-order valence-electron chi connectivity index (χ2n) is 5.24. The first kappa shape index (κ1) is 17.7. The summed E-state index contributed by atoms with van der Waals surface area (Å²) in [6.45, 7) is 2.87. The van der Waals surface area contributed by atoms with Gasteiger partial charge in [0.05, 0.1) is 10.7 Å². The van der Waals surface area contributed by atoms with E-state index in [2.05, 4.69) is 24.0 Å². The van der Waals surface area contributed by atoms with E-state index < -0.39 is 3.79 Å². The predicted molar refractivity (Wildman–Crippen MR) is 103 cm³/mol. The van der Waals surface area contributed by atoms with E-state index in [-0.39, 0.29) is 5.78 Å². The van der Waals surface area contributed by atoms with Crippen molar-refractivity contribution >= 4 is 58.0 Å². The average Bonchev–Trinajstić information content (AvgIpc) is 2.91. The molecule has 0 fully saturated rings. The predicted octanol–water partition coefficient (Wildman–Crippen LogP) is 6.17. The maximum Gasteiger partial charge on any atom is 0.216 e. The number of fused-ring (bicyclic) bond motifs is 1. The summed E-state index contributed by atoms with van der Waals surface area (Å²) in [5.74, 6) is -0.0698. The minimum absolute atomic E-state index is 0.0698. The van der Waals surface area contributed by atoms with Crippen LogP contribution in [-0.4, -0.2) is 12.3 Å². The van der Waals surface area contributed by atoms with Gasteiger partial charge in [0, 0.05) is 28.6 Å². The Morgan fingerprint density at radius 3 is 2.42 bits per heavy atom. The quantitative estimate of drug-likeness (QED) is 0.350. The molecule has 2 aromatic carbocycles. The molecule has 0 saturated carbocycles. The molecule has 0 amide bonds. The summed E-state index contributed by atoms with van der Waals surface area (Å²) in [6, 6.07) is 14.8. The molecular formula is C18H14Cl3NOS. The molecule has 0 atom stereocenters. The summed E-state index contributed by atoms with van der Waals surface area (Å²) < 4.78 is -1.48. The molecule has 0 aliphatic carbocycles. The van der Waals surface area contributed by atoms with Crippen molar-refractivity contribution in [3.05, 3.63) is 70.8 Å². The Balaban J connectivity index is 1.85. The highest BCUT2D eigenvalue weighted by atomic mass is 35.6. The second-order valence-corrected chi connectivity index (χ2v) is 8.58. The minimum Gasteiger partial charge on any atom is -0.335 e. The summed E-state index contributed by atoms with van der Waals surface area (Å²) in [4.78, 5) is 15.8. The van der Waals surface area contributed by atoms with E-state index in [4.69, 9.17) is 34.8 Å². The zero-order chi connectivity index (χ0) is 17.3. The van der Waals surface area contributed by atoms with Crippen LogP contribution in [0.1, 0.15) is 22.8 Å². The van der Waals surface area contributed by atoms with Gasteiger partial charge >= 0.3 is 0 Å². The average molecular weight is 399 g/mol. The van der Waals surface area contributed by atoms with Crippen molar-refractivity contribution < 1.29 is 4.79 Å². The molecule has 0 unspecified atom stereocenters. The first-order chi connectivity index (χ1) is 11.4. The van der Waals surface area contributed by atoms with Gasteiger partial charge in [0.1, 0.15) is 0 Å². The second kappa shape index (κ2) is 7.01. The first-order valence-corrected chi connectivity index (χ1v) is 9.33. The summed E-state index contributed by atoms with van der Waals surface area (Å²) in [5, 5.41) is 0.925. The number of thioether (sulfide) groups is 1. The van der Waals surface area contributed by atoms with Crippen molar-refractivity contribution in [1.82, 2.24) is 0 Å². The summed E-state index contributed by atoms with van der Waals surface area (Å²) in [6.07, 6.45) is 1.67. The van der Waals surface area contributed by atoms with Crippen LogP contribution in [0.4, 0.5) is 5.69 Å². The number of hydrogen-bond acceptors (Lipinski definition) is 3. The first-order valence-electron chi connectivity index (χ1n) is 7.38. The highest BCUT2D eigenvalue weighted by Gasteiger charge is 2.25. The van der Waals surface area contributed by atoms with Crippen molar-refractivity contribution in [2.45, 2.75) is 15.6 Å². The van der Waals surface area contributed by atoms with E-state index in [9.17, 15) is 4.79 Å². The number of ketones is 1. The molecule has 0 saturated heterocycles. The number of nitrogens with zero attached hydrogens (tertiary/aromatic N) is 1. The monoisotopic (exact) mass is 397 g/mol. The summed E-state index contributed by atoms with van der Waals surface area (Å²) in [7, 11) is 0. The zero-order valence-electron chi connectivity index (χ0n) is 12.8. The molecule has 1 aliphatic rings. The van der Waals surface area contributed by atoms with Crippen LogP contribution in [0, 0.1) is 0 Å². The Morgan fingerprint density at radius 2 is 1.79 bits per heavy atom. The molecule has 24 heavy (non-hydrogen) atoms. The van der Waals surface area contributed by atoms with Gasteiger partial charge in [-0.3, -0.25) is 4.79 Å². The van der Waals surface area contributed by atoms with Crippen LogP contribution in [0.3, 0.4) is 0 Å². The lowest BCUT2D eigenvalue weighted by molar-refractivity contribution is 0.104. The molecule has 6 heteroatoms. The van der Waals surface area contributed by atoms with Gasteiger partial charge in [0.2, 0.25) is 3.79 Å². The minimum atomic E-state index is -1.48. The van der Waals surface area contributed by atoms with Crippen molar-refractivity contribution in [2.75, 3.05) is 11.4 Å². The number of allylic oxidation sites excluding steroid dienone is 1. The Bertz CT molecular complexity index is 797. The number of carbonyl (C=O) groups is 1. The van der Waals surface area contributed by atoms with E-state index in [0.29, 0.717) is 11.1 Å². The molecule has 3 rings (SSSR count). The standard InChI is InChI=1S/C18H14Cl3NOS/c1-2-22-14-5-3-4-6-16(14)24-17(22)11-15(23)12-7-9-13(10-8-12)18(19,20)21/h3-11H,2H2,1H3/b17-11-. The van der Waals surface area contributed by atoms with Gasteiger partial charge in [0.15, 0.2) is 5.78 Å². The lowest BCUT2D eigenvalue weighted by Gasteiger charge is -2.17. The maximum atomic E-state index is 12.6. The van der Waals surface area contributed by atoms with Crippen LogP contribution in [-0.2, 0) is 3.79 Å². The fourth-order valence-electron chi connectivity index (χ4n) is 2.51. The molecule has 0 N–H and O–H groups in total. The van der Waals surface area contributed by atoms with Crippen LogP contribution in [0.25, 0.3) is 0 Å². The summed E-state index contributed by atoms with van der Waals surface area (Å²) >= 11 is 19.1. The van der Waals surface area contributed by atoms with Gasteiger partial charge in [-0.2, -0.15) is 0 Å². The molecule has 1 aliphatic heterocycles. The topological polar surface area (TPSA) is 20.3 Å². The molecule has 0 spiro atoms. The third kappa shape index (κ3) is 3.60. The SMILES string of the molecule is CCN1/C(=C/C(=O)c2ccc(C(Cl)(Cl)Cl)cc2)Sc2ccccc21. The van der Waals surface area contributed by atoms with Crippen LogP contribution in [0.15, 0.2) is 64.5 Å². The molecule has 0 radical (unpaired) electrons. The summed E-state index contributed by atoms with van der Waals surface area (Å²) in [5.41, 5.74) is 2.23. The van der Waals surface area contributed by atoms with Gasteiger partial charge in [-0.15, -0.1) is 0 Å². The molecule has 0 bridgehead atoms. The van der Waals surface area contributed by atoms with Crippen molar-refractivity contribution in [3.63, 3.8) is 0 Å². The maximum absolute atomic E-state index is 12.6. The van der Waals surface area contributed by atoms with Gasteiger partial charge in [-0.25, -0.2) is 0 Å². The molecule has 2 nitrogen and oxygen atoms in total. The number of para-hydroxylation sites is 1. The number of anilines is 1. The fourth-order valence-corrected chi connectivity index (χ4v) is 4.04. The lowest BCUT2D eigenvalue weighted by Crippen LogP contribution is -2.17. The van der Waals surface area contributed by atoms with E-state index in [1.165, 1.54) is 0 Å². The number of alkyl halides is 3. The highest BCUT2D eigenvalue weighted by molar-refractivity contribution is 8.03. The van der Waals surface area contributed by atoms with E-state index in [0.717, 1.165) is 22.2 Å². The van der Waals surface area contributed by atoms with Crippen molar-refractivity contribution in [3.8, 4) is 0 Å². The van der Waals surface area contributed by atoms with Crippen LogP contribution >= 0.6 is 46.6 Å². The number of rotatable bonds is 3. The number of halogens is 3. The zero-order valence-corrected chi connectivity index (χ0v) is 15.9. The molecular weight excluding hydrogens is 385 g/mol. The third-order valence-corrected chi connectivity index (χ3v) is 5.47. The number of carbonyl (C=O) groups excluding carboxylic acids is 1. The fraction of sp³-hybridized carbons (Fsp3) is 0.167. The lowest BCUT2D eigenvalue weighted by atomic mass is 10.1. The van der Waals surface area contributed by atoms with Gasteiger partial charge in [-0.1, -0.05) is 83.0 Å². The van der Waals surface area contributed by atoms with Gasteiger partial charge < -0.3 is 4.90 Å². The molecule has 2 aromatic rings. The number of hydrogen-bond donors (Lipinski definition) is 0. The van der Waals surface area contributed by atoms with Crippen molar-refractivity contribution in [2.24, 2.45) is 0 Å². The Hall–Kier alpha value is -1.13. The van der Waals surface area contributed by atoms with E-state index in [1.54, 1.807) is 42.1 Å². The Labute approximate surface area is 160 Å². The normalized spacial score (nSPS) is 15.7. The largest absolute Gasteiger partial charge is 0.335 e. The third-order valence-electron chi connectivity index (χ3n) is 3.70. The van der Waals surface area contributed by atoms with E-state index in [1.807, 2.05) is 12.1 Å². The Morgan fingerprint density at radius 1 is 1.12 bits per heavy atom. The highest BCUT2D eigenvalue weighted by Crippen LogP contribution is 2.45. The number of benzene rings is 2. The molecule has 124 valence electrons. The van der Waals surface area contributed by atoms with Crippen LogP contribution < -0.4 is 4.90 Å². The van der Waals surface area contributed by atoms with Gasteiger partial charge in [0.25, 0.3) is 0 Å². The molecule has 1 heterocycles. The van der Waals surface area contributed by atoms with Crippen LogP contribution in [0.2, 0.25) is 0 Å². The Kier molecular flexibility index (Phi) is 5.16. The van der Waals surface area contributed by atoms with E-state index >= 15 is 0 Å². The smallest absolute Gasteiger partial charge is 0.216 e. The molecule has 0 aromatic heterocycles. The van der Waals surface area contributed by atoms with Gasteiger partial charge in [-0.05, 0) is 19.1 Å². The van der Waals surface area contributed by atoms with Crippen LogP contribution in [0.5, 0.6) is 0 Å². The van der Waals surface area contributed by atoms with Crippen molar-refractivity contribution in [1.29, 1.82) is 0 Å².